The molecule has 0 radical (unpaired) electrons. The van der Waals surface area contributed by atoms with Crippen molar-refractivity contribution in [2.24, 2.45) is 0 Å². The van der Waals surface area contributed by atoms with Crippen LogP contribution in [-0.2, 0) is 4.79 Å². The first-order valence-corrected chi connectivity index (χ1v) is 3.73. The summed E-state index contributed by atoms with van der Waals surface area (Å²) in [5.41, 5.74) is 0. The lowest BCUT2D eigenvalue weighted by Gasteiger charge is -2.18. The number of carbonyl (C=O) groups is 1. The molecule has 0 unspecified atom stereocenters. The second-order valence-corrected chi connectivity index (χ2v) is 2.78. The Morgan fingerprint density at radius 3 is 2.30 bits per heavy atom. The number of likely N-dealkylation sites (N-methyl/N-ethyl adjacent to an activating group) is 1. The Morgan fingerprint density at radius 2 is 2.20 bits per heavy atom. The molecule has 0 fully saturated rings. The molecule has 0 aromatic heterocycles. The van der Waals surface area contributed by atoms with Gasteiger partial charge in [0.2, 0.25) is 0 Å². The first-order chi connectivity index (χ1) is 4.59. The third-order valence-electron chi connectivity index (χ3n) is 1.31. The summed E-state index contributed by atoms with van der Waals surface area (Å²) in [5, 5.41) is 8.60. The zero-order chi connectivity index (χ0) is 8.15. The number of thiol groups is 1. The van der Waals surface area contributed by atoms with E-state index in [0.717, 1.165) is 0 Å². The highest BCUT2D eigenvalue weighted by molar-refractivity contribution is 7.80. The molecule has 3 nitrogen and oxygen atoms in total. The fourth-order valence-corrected chi connectivity index (χ4v) is 0.969. The van der Waals surface area contributed by atoms with Gasteiger partial charge in [-0.15, -0.1) is 0 Å². The molecule has 0 bridgehead atoms. The molecular weight excluding hydrogens is 150 g/mol. The minimum absolute atomic E-state index is 0.391. The molecule has 0 aromatic rings. The fraction of sp³-hybridized carbons (Fsp3) is 0.833. The van der Waals surface area contributed by atoms with E-state index in [0.29, 0.717) is 12.2 Å². The Morgan fingerprint density at radius 1 is 1.70 bits per heavy atom. The van der Waals surface area contributed by atoms with Gasteiger partial charge in [-0.05, 0) is 26.3 Å². The smallest absolute Gasteiger partial charge is 0.320 e. The summed E-state index contributed by atoms with van der Waals surface area (Å²) < 4.78 is 0. The van der Waals surface area contributed by atoms with E-state index in [4.69, 9.17) is 5.11 Å². The van der Waals surface area contributed by atoms with Crippen LogP contribution >= 0.6 is 12.6 Å². The predicted octanol–water partition coefficient (Wildman–Crippen LogP) is 0.321. The van der Waals surface area contributed by atoms with Crippen LogP contribution in [0.25, 0.3) is 0 Å². The molecule has 0 saturated heterocycles. The van der Waals surface area contributed by atoms with Gasteiger partial charge in [-0.1, -0.05) is 0 Å². The van der Waals surface area contributed by atoms with Crippen molar-refractivity contribution in [1.82, 2.24) is 4.90 Å². The highest BCUT2D eigenvalue weighted by Gasteiger charge is 2.17. The van der Waals surface area contributed by atoms with Crippen LogP contribution in [0.15, 0.2) is 0 Å². The van der Waals surface area contributed by atoms with Gasteiger partial charge in [0.15, 0.2) is 0 Å². The number of carboxylic acid groups (broad SMARTS) is 1. The molecule has 0 saturated carbocycles. The van der Waals surface area contributed by atoms with E-state index < -0.39 is 12.0 Å². The average Bonchev–Trinajstić information content (AvgIpc) is 1.81. The number of nitrogens with zero attached hydrogens (tertiary/aromatic N) is 1. The number of hydrogen-bond donors (Lipinski definition) is 2. The maximum absolute atomic E-state index is 10.5. The molecule has 0 heterocycles. The van der Waals surface area contributed by atoms with Crippen LogP contribution in [0, 0.1) is 0 Å². The number of hydrogen-bond acceptors (Lipinski definition) is 3. The second kappa shape index (κ2) is 4.57. The quantitative estimate of drug-likeness (QED) is 0.586. The molecule has 0 aliphatic heterocycles. The van der Waals surface area contributed by atoms with Gasteiger partial charge in [-0.25, -0.2) is 0 Å². The highest BCUT2D eigenvalue weighted by atomic mass is 32.1. The van der Waals surface area contributed by atoms with E-state index >= 15 is 0 Å². The van der Waals surface area contributed by atoms with Gasteiger partial charge >= 0.3 is 5.97 Å². The number of rotatable bonds is 4. The summed E-state index contributed by atoms with van der Waals surface area (Å²) in [7, 11) is 3.50. The minimum Gasteiger partial charge on any atom is -0.480 e. The van der Waals surface area contributed by atoms with E-state index in [1.807, 2.05) is 0 Å². The third-order valence-corrected chi connectivity index (χ3v) is 1.57. The standard InChI is InChI=1S/C6H13NO2S/c1-7(2)5(3-4-10)6(8)9/h5,10H,3-4H2,1-2H3,(H,8,9)/t5-/m0/s1. The summed E-state index contributed by atoms with van der Waals surface area (Å²) >= 11 is 3.96. The van der Waals surface area contributed by atoms with Crippen molar-refractivity contribution in [3.63, 3.8) is 0 Å². The molecule has 60 valence electrons. The lowest BCUT2D eigenvalue weighted by molar-refractivity contribution is -0.142. The van der Waals surface area contributed by atoms with Crippen molar-refractivity contribution in [3.8, 4) is 0 Å². The fourth-order valence-electron chi connectivity index (χ4n) is 0.725. The van der Waals surface area contributed by atoms with E-state index in [1.165, 1.54) is 0 Å². The van der Waals surface area contributed by atoms with Gasteiger partial charge in [0.05, 0.1) is 0 Å². The van der Waals surface area contributed by atoms with Crippen molar-refractivity contribution in [3.05, 3.63) is 0 Å². The molecule has 1 atom stereocenters. The van der Waals surface area contributed by atoms with Gasteiger partial charge < -0.3 is 5.11 Å². The Labute approximate surface area is 66.4 Å². The number of aliphatic carboxylic acids is 1. The van der Waals surface area contributed by atoms with Crippen LogP contribution in [0.3, 0.4) is 0 Å². The van der Waals surface area contributed by atoms with Crippen LogP contribution in [0.5, 0.6) is 0 Å². The minimum atomic E-state index is -0.779. The van der Waals surface area contributed by atoms with Crippen LogP contribution in [-0.4, -0.2) is 41.9 Å². The Hall–Kier alpha value is -0.220. The molecular formula is C6H13NO2S. The Kier molecular flexibility index (Phi) is 4.47. The average molecular weight is 163 g/mol. The number of carboxylic acids is 1. The zero-order valence-electron chi connectivity index (χ0n) is 6.24. The molecule has 1 N–H and O–H groups in total. The maximum atomic E-state index is 10.5. The molecule has 0 amide bonds. The highest BCUT2D eigenvalue weighted by Crippen LogP contribution is 2.00. The second-order valence-electron chi connectivity index (χ2n) is 2.33. The van der Waals surface area contributed by atoms with E-state index in [1.54, 1.807) is 19.0 Å². The first-order valence-electron chi connectivity index (χ1n) is 3.09. The predicted molar refractivity (Wildman–Crippen MR) is 43.6 cm³/mol. The van der Waals surface area contributed by atoms with Crippen LogP contribution in [0.2, 0.25) is 0 Å². The first kappa shape index (κ1) is 9.78. The lowest BCUT2D eigenvalue weighted by Crippen LogP contribution is -2.35. The third kappa shape index (κ3) is 3.08. The van der Waals surface area contributed by atoms with Gasteiger partial charge in [0.1, 0.15) is 6.04 Å². The lowest BCUT2D eigenvalue weighted by atomic mass is 10.2. The molecule has 4 heteroatoms. The SMILES string of the molecule is CN(C)[C@@H](CCS)C(=O)O. The summed E-state index contributed by atoms with van der Waals surface area (Å²) in [6, 6.07) is -0.391. The molecule has 10 heavy (non-hydrogen) atoms. The van der Waals surface area contributed by atoms with Crippen molar-refractivity contribution >= 4 is 18.6 Å². The Balaban J connectivity index is 3.85. The molecule has 0 aliphatic rings. The molecule has 0 aromatic carbocycles. The van der Waals surface area contributed by atoms with Crippen molar-refractivity contribution in [2.45, 2.75) is 12.5 Å². The Bertz CT molecular complexity index is 116. The zero-order valence-corrected chi connectivity index (χ0v) is 7.14. The monoisotopic (exact) mass is 163 g/mol. The van der Waals surface area contributed by atoms with E-state index in [2.05, 4.69) is 12.6 Å². The van der Waals surface area contributed by atoms with Gasteiger partial charge in [0.25, 0.3) is 0 Å². The van der Waals surface area contributed by atoms with Gasteiger partial charge in [-0.2, -0.15) is 12.6 Å². The van der Waals surface area contributed by atoms with Gasteiger partial charge in [0, 0.05) is 0 Å². The topological polar surface area (TPSA) is 40.5 Å². The van der Waals surface area contributed by atoms with Crippen LogP contribution < -0.4 is 0 Å². The largest absolute Gasteiger partial charge is 0.480 e. The van der Waals surface area contributed by atoms with Gasteiger partial charge in [-0.3, -0.25) is 9.69 Å². The summed E-state index contributed by atoms with van der Waals surface area (Å²) in [6.45, 7) is 0. The summed E-state index contributed by atoms with van der Waals surface area (Å²) in [5.74, 6) is -0.172. The van der Waals surface area contributed by atoms with Crippen molar-refractivity contribution in [1.29, 1.82) is 0 Å². The summed E-state index contributed by atoms with van der Waals surface area (Å²) in [6.07, 6.45) is 0.589. The summed E-state index contributed by atoms with van der Waals surface area (Å²) in [4.78, 5) is 12.1. The normalized spacial score (nSPS) is 13.6. The molecule has 0 aliphatic carbocycles. The van der Waals surface area contributed by atoms with Crippen molar-refractivity contribution < 1.29 is 9.90 Å². The van der Waals surface area contributed by atoms with Crippen LogP contribution in [0.4, 0.5) is 0 Å². The van der Waals surface area contributed by atoms with E-state index in [-0.39, 0.29) is 0 Å². The molecule has 0 rings (SSSR count). The molecule has 0 spiro atoms. The van der Waals surface area contributed by atoms with E-state index in [9.17, 15) is 4.79 Å². The maximum Gasteiger partial charge on any atom is 0.320 e. The van der Waals surface area contributed by atoms with Crippen molar-refractivity contribution in [2.75, 3.05) is 19.8 Å². The van der Waals surface area contributed by atoms with Crippen LogP contribution in [0.1, 0.15) is 6.42 Å².